The number of halogens is 2. The van der Waals surface area contributed by atoms with Gasteiger partial charge in [-0.15, -0.1) is 0 Å². The Bertz CT molecular complexity index is 496. The van der Waals surface area contributed by atoms with Crippen molar-refractivity contribution in [3.8, 4) is 0 Å². The Morgan fingerprint density at radius 1 is 1.33 bits per heavy atom. The number of anilines is 1. The Hall–Kier alpha value is -0.800. The lowest BCUT2D eigenvalue weighted by Crippen LogP contribution is -2.62. The van der Waals surface area contributed by atoms with Gasteiger partial charge in [0.15, 0.2) is 0 Å². The summed E-state index contributed by atoms with van der Waals surface area (Å²) in [6.45, 7) is 12.7. The molecule has 21 heavy (non-hydrogen) atoms. The van der Waals surface area contributed by atoms with Gasteiger partial charge in [0.2, 0.25) is 0 Å². The Labute approximate surface area is 132 Å². The Morgan fingerprint density at radius 3 is 2.57 bits per heavy atom. The second kappa shape index (κ2) is 6.13. The maximum Gasteiger partial charge on any atom is 0.146 e. The first-order valence-electron chi connectivity index (χ1n) is 7.65. The molecule has 0 aliphatic carbocycles. The van der Waals surface area contributed by atoms with Crippen molar-refractivity contribution in [1.82, 2.24) is 5.32 Å². The monoisotopic (exact) mass is 312 g/mol. The van der Waals surface area contributed by atoms with Crippen LogP contribution in [0, 0.1) is 17.2 Å². The molecule has 1 N–H and O–H groups in total. The fourth-order valence-electron chi connectivity index (χ4n) is 2.93. The lowest BCUT2D eigenvalue weighted by molar-refractivity contribution is 0.220. The fraction of sp³-hybridized carbons (Fsp3) is 0.647. The number of benzene rings is 1. The maximum absolute atomic E-state index is 14.3. The third kappa shape index (κ3) is 3.70. The quantitative estimate of drug-likeness (QED) is 0.874. The summed E-state index contributed by atoms with van der Waals surface area (Å²) in [4.78, 5) is 2.19. The van der Waals surface area contributed by atoms with Gasteiger partial charge in [-0.3, -0.25) is 0 Å². The van der Waals surface area contributed by atoms with Crippen LogP contribution in [0.2, 0.25) is 5.02 Å². The highest BCUT2D eigenvalue weighted by Gasteiger charge is 2.36. The molecule has 2 rings (SSSR count). The van der Waals surface area contributed by atoms with Crippen molar-refractivity contribution in [1.29, 1.82) is 0 Å². The topological polar surface area (TPSA) is 15.3 Å². The number of nitrogens with zero attached hydrogens (tertiary/aromatic N) is 1. The predicted molar refractivity (Wildman–Crippen MR) is 88.6 cm³/mol. The molecule has 1 aromatic rings. The zero-order valence-electron chi connectivity index (χ0n) is 13.6. The molecule has 0 spiro atoms. The Kier molecular flexibility index (Phi) is 4.84. The summed E-state index contributed by atoms with van der Waals surface area (Å²) in [5, 5.41) is 4.21. The van der Waals surface area contributed by atoms with Crippen LogP contribution in [0.1, 0.15) is 34.6 Å². The molecular formula is C17H26ClFN2. The van der Waals surface area contributed by atoms with E-state index in [0.717, 1.165) is 13.1 Å². The van der Waals surface area contributed by atoms with Crippen LogP contribution >= 0.6 is 11.6 Å². The van der Waals surface area contributed by atoms with Gasteiger partial charge in [-0.25, -0.2) is 4.39 Å². The van der Waals surface area contributed by atoms with E-state index in [0.29, 0.717) is 22.7 Å². The van der Waals surface area contributed by atoms with E-state index < -0.39 is 0 Å². The van der Waals surface area contributed by atoms with Gasteiger partial charge in [-0.2, -0.15) is 0 Å². The highest BCUT2D eigenvalue weighted by molar-refractivity contribution is 6.30. The molecule has 1 aliphatic rings. The van der Waals surface area contributed by atoms with Crippen molar-refractivity contribution in [2.75, 3.05) is 18.0 Å². The van der Waals surface area contributed by atoms with Crippen molar-refractivity contribution >= 4 is 17.3 Å². The lowest BCUT2D eigenvalue weighted by Gasteiger charge is -2.47. The molecule has 1 aliphatic heterocycles. The van der Waals surface area contributed by atoms with Crippen LogP contribution in [-0.2, 0) is 0 Å². The molecule has 0 amide bonds. The highest BCUT2D eigenvalue weighted by Crippen LogP contribution is 2.32. The first-order chi connectivity index (χ1) is 9.70. The average Bonchev–Trinajstić information content (AvgIpc) is 2.39. The van der Waals surface area contributed by atoms with Gasteiger partial charge in [0.1, 0.15) is 5.82 Å². The van der Waals surface area contributed by atoms with Gasteiger partial charge in [-0.1, -0.05) is 46.2 Å². The van der Waals surface area contributed by atoms with Gasteiger partial charge in [-0.05, 0) is 29.5 Å². The number of hydrogen-bond donors (Lipinski definition) is 1. The number of hydrogen-bond acceptors (Lipinski definition) is 2. The highest BCUT2D eigenvalue weighted by atomic mass is 35.5. The van der Waals surface area contributed by atoms with E-state index in [4.69, 9.17) is 11.6 Å². The van der Waals surface area contributed by atoms with E-state index in [1.165, 1.54) is 6.07 Å². The van der Waals surface area contributed by atoms with Gasteiger partial charge in [0, 0.05) is 30.2 Å². The molecule has 4 heteroatoms. The minimum atomic E-state index is -0.195. The average molecular weight is 313 g/mol. The van der Waals surface area contributed by atoms with Crippen molar-refractivity contribution in [3.63, 3.8) is 0 Å². The van der Waals surface area contributed by atoms with Gasteiger partial charge >= 0.3 is 0 Å². The van der Waals surface area contributed by atoms with Crippen molar-refractivity contribution in [2.24, 2.45) is 11.3 Å². The molecule has 2 atom stereocenters. The van der Waals surface area contributed by atoms with Crippen LogP contribution in [0.3, 0.4) is 0 Å². The maximum atomic E-state index is 14.3. The van der Waals surface area contributed by atoms with E-state index in [1.54, 1.807) is 12.1 Å². The van der Waals surface area contributed by atoms with Crippen LogP contribution in [0.4, 0.5) is 10.1 Å². The molecule has 118 valence electrons. The molecule has 2 nitrogen and oxygen atoms in total. The van der Waals surface area contributed by atoms with Crippen LogP contribution in [0.25, 0.3) is 0 Å². The van der Waals surface area contributed by atoms with Crippen LogP contribution in [0.5, 0.6) is 0 Å². The molecule has 0 aromatic heterocycles. The number of piperazine rings is 1. The molecule has 0 bridgehead atoms. The SMILES string of the molecule is CC(C)C1CNC(C(C)(C)C)CN1c1cc(Cl)ccc1F. The molecule has 0 radical (unpaired) electrons. The predicted octanol–water partition coefficient (Wildman–Crippen LogP) is 4.33. The van der Waals surface area contributed by atoms with Gasteiger partial charge in [0.05, 0.1) is 5.69 Å². The van der Waals surface area contributed by atoms with Crippen molar-refractivity contribution in [2.45, 2.75) is 46.7 Å². The summed E-state index contributed by atoms with van der Waals surface area (Å²) >= 11 is 6.08. The third-order valence-corrected chi connectivity index (χ3v) is 4.62. The molecule has 2 unspecified atom stereocenters. The second-order valence-electron chi connectivity index (χ2n) is 7.39. The summed E-state index contributed by atoms with van der Waals surface area (Å²) in [5.41, 5.74) is 0.756. The minimum Gasteiger partial charge on any atom is -0.363 e. The van der Waals surface area contributed by atoms with Crippen LogP contribution in [0.15, 0.2) is 18.2 Å². The first-order valence-corrected chi connectivity index (χ1v) is 8.03. The van der Waals surface area contributed by atoms with Crippen molar-refractivity contribution in [3.05, 3.63) is 29.0 Å². The standard InChI is InChI=1S/C17H26ClFN2/c1-11(2)15-9-20-16(17(3,4)5)10-21(15)14-8-12(18)6-7-13(14)19/h6-8,11,15-16,20H,9-10H2,1-5H3. The second-order valence-corrected chi connectivity index (χ2v) is 7.82. The first kappa shape index (κ1) is 16.6. The van der Waals surface area contributed by atoms with E-state index >= 15 is 0 Å². The molecule has 1 aromatic carbocycles. The van der Waals surface area contributed by atoms with E-state index in [-0.39, 0.29) is 17.3 Å². The van der Waals surface area contributed by atoms with E-state index in [1.807, 2.05) is 0 Å². The largest absolute Gasteiger partial charge is 0.363 e. The molecular weight excluding hydrogens is 287 g/mol. The van der Waals surface area contributed by atoms with Gasteiger partial charge < -0.3 is 10.2 Å². The summed E-state index contributed by atoms with van der Waals surface area (Å²) < 4.78 is 14.3. The summed E-state index contributed by atoms with van der Waals surface area (Å²) in [6.07, 6.45) is 0. The summed E-state index contributed by atoms with van der Waals surface area (Å²) in [6, 6.07) is 5.41. The van der Waals surface area contributed by atoms with Crippen LogP contribution in [-0.4, -0.2) is 25.2 Å². The van der Waals surface area contributed by atoms with E-state index in [9.17, 15) is 4.39 Å². The third-order valence-electron chi connectivity index (χ3n) is 4.39. The number of nitrogens with one attached hydrogen (secondary N) is 1. The Morgan fingerprint density at radius 2 is 2.00 bits per heavy atom. The smallest absolute Gasteiger partial charge is 0.146 e. The fourth-order valence-corrected chi connectivity index (χ4v) is 3.09. The number of rotatable bonds is 2. The molecule has 1 heterocycles. The molecule has 1 fully saturated rings. The van der Waals surface area contributed by atoms with Crippen molar-refractivity contribution < 1.29 is 4.39 Å². The lowest BCUT2D eigenvalue weighted by atomic mass is 9.83. The minimum absolute atomic E-state index is 0.134. The zero-order chi connectivity index (χ0) is 15.8. The van der Waals surface area contributed by atoms with Gasteiger partial charge in [0.25, 0.3) is 0 Å². The van der Waals surface area contributed by atoms with Crippen LogP contribution < -0.4 is 10.2 Å². The molecule has 1 saturated heterocycles. The summed E-state index contributed by atoms with van der Waals surface area (Å²) in [5.74, 6) is 0.247. The summed E-state index contributed by atoms with van der Waals surface area (Å²) in [7, 11) is 0. The molecule has 0 saturated carbocycles. The Balaban J connectivity index is 2.36. The normalized spacial score (nSPS) is 23.7. The van der Waals surface area contributed by atoms with E-state index in [2.05, 4.69) is 44.8 Å². The zero-order valence-corrected chi connectivity index (χ0v) is 14.3.